The van der Waals surface area contributed by atoms with Crippen LogP contribution in [0.4, 0.5) is 5.82 Å². The Morgan fingerprint density at radius 3 is 2.94 bits per heavy atom. The van der Waals surface area contributed by atoms with E-state index in [9.17, 15) is 5.11 Å². The zero-order valence-electron chi connectivity index (χ0n) is 10.4. The Labute approximate surface area is 106 Å². The highest BCUT2D eigenvalue weighted by Crippen LogP contribution is 2.29. The summed E-state index contributed by atoms with van der Waals surface area (Å²) in [6.07, 6.45) is 8.59. The molecule has 2 N–H and O–H groups in total. The average molecular weight is 246 g/mol. The summed E-state index contributed by atoms with van der Waals surface area (Å²) < 4.78 is 5.33. The second kappa shape index (κ2) is 4.61. The van der Waals surface area contributed by atoms with Gasteiger partial charge in [-0.05, 0) is 25.0 Å². The average Bonchev–Trinajstić information content (AvgIpc) is 2.86. The Hall–Kier alpha value is -1.55. The Balaban J connectivity index is 1.74. The van der Waals surface area contributed by atoms with Crippen LogP contribution >= 0.6 is 0 Å². The lowest BCUT2D eigenvalue weighted by Gasteiger charge is -2.32. The van der Waals surface area contributed by atoms with E-state index in [0.717, 1.165) is 42.5 Å². The highest BCUT2D eigenvalue weighted by atomic mass is 16.3. The van der Waals surface area contributed by atoms with Crippen molar-refractivity contribution in [1.29, 1.82) is 0 Å². The van der Waals surface area contributed by atoms with Crippen LogP contribution in [-0.2, 0) is 0 Å². The maximum absolute atomic E-state index is 10.4. The second-order valence-electron chi connectivity index (χ2n) is 5.13. The smallest absolute Gasteiger partial charge is 0.139 e. The highest BCUT2D eigenvalue weighted by Gasteiger charge is 2.29. The third-order valence-corrected chi connectivity index (χ3v) is 3.75. The van der Waals surface area contributed by atoms with Gasteiger partial charge in [-0.2, -0.15) is 0 Å². The Bertz CT molecular complexity index is 529. The molecule has 0 unspecified atom stereocenters. The number of hydrogen-bond acceptors (Lipinski definition) is 4. The fourth-order valence-corrected chi connectivity index (χ4v) is 2.67. The van der Waals surface area contributed by atoms with Crippen molar-refractivity contribution in [3.63, 3.8) is 0 Å². The number of aliphatic hydroxyl groups is 1. The first-order valence-corrected chi connectivity index (χ1v) is 6.55. The van der Waals surface area contributed by atoms with Crippen LogP contribution in [0.5, 0.6) is 0 Å². The molecular formula is C14H18N2O2. The lowest BCUT2D eigenvalue weighted by molar-refractivity contribution is 0.0167. The van der Waals surface area contributed by atoms with Gasteiger partial charge in [0, 0.05) is 12.7 Å². The van der Waals surface area contributed by atoms with E-state index in [-0.39, 0.29) is 0 Å². The van der Waals surface area contributed by atoms with Gasteiger partial charge in [0.25, 0.3) is 0 Å². The molecule has 1 fully saturated rings. The number of aromatic nitrogens is 1. The third-order valence-electron chi connectivity index (χ3n) is 3.75. The van der Waals surface area contributed by atoms with Crippen molar-refractivity contribution in [1.82, 2.24) is 4.98 Å². The molecule has 0 atom stereocenters. The molecule has 18 heavy (non-hydrogen) atoms. The minimum atomic E-state index is -0.578. The number of fused-ring (bicyclic) bond motifs is 1. The summed E-state index contributed by atoms with van der Waals surface area (Å²) in [5, 5.41) is 14.7. The fraction of sp³-hybridized carbons (Fsp3) is 0.500. The molecule has 1 aliphatic carbocycles. The minimum Gasteiger partial charge on any atom is -0.464 e. The quantitative estimate of drug-likeness (QED) is 0.874. The van der Waals surface area contributed by atoms with E-state index in [1.165, 1.54) is 6.42 Å². The van der Waals surface area contributed by atoms with Crippen molar-refractivity contribution in [3.8, 4) is 0 Å². The van der Waals surface area contributed by atoms with Crippen LogP contribution in [0.1, 0.15) is 32.1 Å². The molecule has 0 saturated heterocycles. The van der Waals surface area contributed by atoms with Gasteiger partial charge in [-0.25, -0.2) is 4.98 Å². The van der Waals surface area contributed by atoms with E-state index in [0.29, 0.717) is 6.54 Å². The predicted molar refractivity (Wildman–Crippen MR) is 70.5 cm³/mol. The number of furan rings is 1. The normalized spacial score (nSPS) is 18.9. The zero-order valence-corrected chi connectivity index (χ0v) is 10.4. The molecule has 0 bridgehead atoms. The number of nitrogens with zero attached hydrogens (tertiary/aromatic N) is 1. The number of anilines is 1. The molecule has 0 aliphatic heterocycles. The molecule has 0 spiro atoms. The first kappa shape index (κ1) is 11.5. The maximum atomic E-state index is 10.4. The zero-order chi connectivity index (χ0) is 12.4. The monoisotopic (exact) mass is 246 g/mol. The predicted octanol–water partition coefficient (Wildman–Crippen LogP) is 2.93. The number of rotatable bonds is 3. The Kier molecular flexibility index (Phi) is 2.96. The molecule has 96 valence electrons. The third kappa shape index (κ3) is 2.20. The van der Waals surface area contributed by atoms with Crippen LogP contribution < -0.4 is 5.32 Å². The molecule has 0 aromatic carbocycles. The summed E-state index contributed by atoms with van der Waals surface area (Å²) in [6, 6.07) is 3.74. The molecule has 4 heteroatoms. The van der Waals surface area contributed by atoms with Crippen LogP contribution in [0.3, 0.4) is 0 Å². The standard InChI is InChI=1S/C14H18N2O2/c17-14(6-2-1-3-7-14)10-16-13-11-5-9-18-12(11)4-8-15-13/h4-5,8-9,17H,1-3,6-7,10H2,(H,15,16). The van der Waals surface area contributed by atoms with Gasteiger partial charge in [0.1, 0.15) is 11.4 Å². The number of nitrogens with one attached hydrogen (secondary N) is 1. The maximum Gasteiger partial charge on any atom is 0.139 e. The molecule has 1 aliphatic rings. The van der Waals surface area contributed by atoms with E-state index < -0.39 is 5.60 Å². The summed E-state index contributed by atoms with van der Waals surface area (Å²) in [7, 11) is 0. The lowest BCUT2D eigenvalue weighted by Crippen LogP contribution is -2.38. The van der Waals surface area contributed by atoms with Crippen molar-refractivity contribution < 1.29 is 9.52 Å². The van der Waals surface area contributed by atoms with E-state index in [4.69, 9.17) is 4.42 Å². The van der Waals surface area contributed by atoms with Crippen LogP contribution in [0.15, 0.2) is 29.0 Å². The van der Waals surface area contributed by atoms with Crippen molar-refractivity contribution in [2.75, 3.05) is 11.9 Å². The summed E-state index contributed by atoms with van der Waals surface area (Å²) in [5.41, 5.74) is 0.245. The molecule has 0 radical (unpaired) electrons. The topological polar surface area (TPSA) is 58.3 Å². The molecule has 2 aromatic heterocycles. The summed E-state index contributed by atoms with van der Waals surface area (Å²) in [4.78, 5) is 4.31. The molecule has 4 nitrogen and oxygen atoms in total. The molecule has 3 rings (SSSR count). The second-order valence-corrected chi connectivity index (χ2v) is 5.13. The molecular weight excluding hydrogens is 228 g/mol. The van der Waals surface area contributed by atoms with Gasteiger partial charge in [0.15, 0.2) is 0 Å². The van der Waals surface area contributed by atoms with E-state index in [1.54, 1.807) is 12.5 Å². The minimum absolute atomic E-state index is 0.560. The van der Waals surface area contributed by atoms with Crippen LogP contribution in [0.25, 0.3) is 11.0 Å². The van der Waals surface area contributed by atoms with Gasteiger partial charge >= 0.3 is 0 Å². The first-order valence-electron chi connectivity index (χ1n) is 6.55. The number of hydrogen-bond donors (Lipinski definition) is 2. The SMILES string of the molecule is OC1(CNc2nccc3occc23)CCCCC1. The first-order chi connectivity index (χ1) is 8.77. The van der Waals surface area contributed by atoms with Crippen LogP contribution in [0.2, 0.25) is 0 Å². The molecule has 2 heterocycles. The molecule has 2 aromatic rings. The van der Waals surface area contributed by atoms with E-state index in [2.05, 4.69) is 10.3 Å². The molecule has 0 amide bonds. The summed E-state index contributed by atoms with van der Waals surface area (Å²) in [5.74, 6) is 0.792. The van der Waals surface area contributed by atoms with Crippen LogP contribution in [0, 0.1) is 0 Å². The van der Waals surface area contributed by atoms with Crippen molar-refractivity contribution >= 4 is 16.8 Å². The van der Waals surface area contributed by atoms with Crippen molar-refractivity contribution in [2.45, 2.75) is 37.7 Å². The van der Waals surface area contributed by atoms with Gasteiger partial charge in [0.2, 0.25) is 0 Å². The Morgan fingerprint density at radius 1 is 1.28 bits per heavy atom. The van der Waals surface area contributed by atoms with Gasteiger partial charge in [-0.15, -0.1) is 0 Å². The summed E-state index contributed by atoms with van der Waals surface area (Å²) in [6.45, 7) is 0.560. The van der Waals surface area contributed by atoms with E-state index in [1.807, 2.05) is 12.1 Å². The largest absolute Gasteiger partial charge is 0.464 e. The molecule has 1 saturated carbocycles. The summed E-state index contributed by atoms with van der Waals surface area (Å²) >= 11 is 0. The number of pyridine rings is 1. The van der Waals surface area contributed by atoms with Gasteiger partial charge in [-0.3, -0.25) is 0 Å². The van der Waals surface area contributed by atoms with Crippen molar-refractivity contribution in [3.05, 3.63) is 24.6 Å². The van der Waals surface area contributed by atoms with Crippen molar-refractivity contribution in [2.24, 2.45) is 0 Å². The lowest BCUT2D eigenvalue weighted by atomic mass is 9.85. The van der Waals surface area contributed by atoms with Gasteiger partial charge in [0.05, 0.1) is 17.3 Å². The van der Waals surface area contributed by atoms with Gasteiger partial charge < -0.3 is 14.8 Å². The van der Waals surface area contributed by atoms with Gasteiger partial charge in [-0.1, -0.05) is 19.3 Å². The fourth-order valence-electron chi connectivity index (χ4n) is 2.67. The van der Waals surface area contributed by atoms with E-state index >= 15 is 0 Å². The highest BCUT2D eigenvalue weighted by molar-refractivity contribution is 5.87. The van der Waals surface area contributed by atoms with Crippen LogP contribution in [-0.4, -0.2) is 22.2 Å². The Morgan fingerprint density at radius 2 is 2.11 bits per heavy atom.